The highest BCUT2D eigenvalue weighted by Crippen LogP contribution is 2.46. The summed E-state index contributed by atoms with van der Waals surface area (Å²) in [6.45, 7) is 6.75. The molecule has 0 aromatic carbocycles. The van der Waals surface area contributed by atoms with E-state index in [0.717, 1.165) is 30.6 Å². The summed E-state index contributed by atoms with van der Waals surface area (Å²) in [5, 5.41) is 3.55. The van der Waals surface area contributed by atoms with E-state index in [9.17, 15) is 0 Å². The van der Waals surface area contributed by atoms with Gasteiger partial charge >= 0.3 is 0 Å². The Kier molecular flexibility index (Phi) is 3.08. The summed E-state index contributed by atoms with van der Waals surface area (Å²) in [7, 11) is 0. The Labute approximate surface area is 108 Å². The van der Waals surface area contributed by atoms with Gasteiger partial charge in [-0.1, -0.05) is 19.9 Å². The average Bonchev–Trinajstić information content (AvgIpc) is 2.98. The fraction of sp³-hybridized carbons (Fsp3) is 0.533. The predicted molar refractivity (Wildman–Crippen MR) is 73.7 cm³/mol. The number of aromatic nitrogens is 2. The summed E-state index contributed by atoms with van der Waals surface area (Å²) in [6.07, 6.45) is 5.54. The number of fused-ring (bicyclic) bond motifs is 1. The SMILES string of the molecule is CC(C)CNCC1CC1c1cn2ccccc2n1. The Morgan fingerprint density at radius 2 is 2.33 bits per heavy atom. The molecule has 3 nitrogen and oxygen atoms in total. The Balaban J connectivity index is 1.60. The molecular weight excluding hydrogens is 222 g/mol. The summed E-state index contributed by atoms with van der Waals surface area (Å²) in [5.41, 5.74) is 2.32. The van der Waals surface area contributed by atoms with Crippen molar-refractivity contribution in [2.24, 2.45) is 11.8 Å². The van der Waals surface area contributed by atoms with Crippen LogP contribution in [0.5, 0.6) is 0 Å². The molecule has 3 heteroatoms. The van der Waals surface area contributed by atoms with Gasteiger partial charge in [-0.3, -0.25) is 0 Å². The van der Waals surface area contributed by atoms with Crippen molar-refractivity contribution in [3.05, 3.63) is 36.3 Å². The molecule has 1 saturated carbocycles. The predicted octanol–water partition coefficient (Wildman–Crippen LogP) is 2.68. The highest BCUT2D eigenvalue weighted by atomic mass is 15.0. The third kappa shape index (κ3) is 2.41. The minimum absolute atomic E-state index is 0.671. The quantitative estimate of drug-likeness (QED) is 0.875. The normalized spacial score (nSPS) is 22.8. The molecule has 96 valence electrons. The third-order valence-electron chi connectivity index (χ3n) is 3.64. The second-order valence-electron chi connectivity index (χ2n) is 5.79. The molecule has 2 heterocycles. The molecule has 1 aliphatic rings. The van der Waals surface area contributed by atoms with Crippen LogP contribution in [-0.4, -0.2) is 22.5 Å². The minimum Gasteiger partial charge on any atom is -0.316 e. The lowest BCUT2D eigenvalue weighted by molar-refractivity contribution is 0.532. The largest absolute Gasteiger partial charge is 0.316 e. The van der Waals surface area contributed by atoms with Gasteiger partial charge in [0.15, 0.2) is 0 Å². The lowest BCUT2D eigenvalue weighted by Gasteiger charge is -2.05. The lowest BCUT2D eigenvalue weighted by Crippen LogP contribution is -2.22. The highest BCUT2D eigenvalue weighted by Gasteiger charge is 2.39. The van der Waals surface area contributed by atoms with E-state index >= 15 is 0 Å². The number of pyridine rings is 1. The van der Waals surface area contributed by atoms with Crippen molar-refractivity contribution < 1.29 is 0 Å². The van der Waals surface area contributed by atoms with Gasteiger partial charge in [0, 0.05) is 18.3 Å². The van der Waals surface area contributed by atoms with Crippen LogP contribution in [-0.2, 0) is 0 Å². The molecule has 2 unspecified atom stereocenters. The number of rotatable bonds is 5. The molecule has 0 amide bonds. The van der Waals surface area contributed by atoms with Gasteiger partial charge in [-0.05, 0) is 43.5 Å². The van der Waals surface area contributed by atoms with Crippen molar-refractivity contribution in [2.75, 3.05) is 13.1 Å². The first-order chi connectivity index (χ1) is 8.74. The maximum Gasteiger partial charge on any atom is 0.136 e. The Morgan fingerprint density at radius 3 is 3.11 bits per heavy atom. The van der Waals surface area contributed by atoms with E-state index in [-0.39, 0.29) is 0 Å². The van der Waals surface area contributed by atoms with Crippen LogP contribution in [0.2, 0.25) is 0 Å². The van der Waals surface area contributed by atoms with E-state index in [1.54, 1.807) is 0 Å². The zero-order valence-electron chi connectivity index (χ0n) is 11.1. The summed E-state index contributed by atoms with van der Waals surface area (Å²) in [5.74, 6) is 2.19. The van der Waals surface area contributed by atoms with Crippen LogP contribution in [0.15, 0.2) is 30.6 Å². The van der Waals surface area contributed by atoms with Crippen molar-refractivity contribution in [3.63, 3.8) is 0 Å². The maximum atomic E-state index is 4.70. The molecule has 2 aromatic rings. The average molecular weight is 243 g/mol. The van der Waals surface area contributed by atoms with Gasteiger partial charge in [-0.25, -0.2) is 4.98 Å². The molecule has 3 rings (SSSR count). The van der Waals surface area contributed by atoms with Gasteiger partial charge in [0.25, 0.3) is 0 Å². The first-order valence-electron chi connectivity index (χ1n) is 6.88. The summed E-state index contributed by atoms with van der Waals surface area (Å²) < 4.78 is 2.12. The lowest BCUT2D eigenvalue weighted by atomic mass is 10.2. The minimum atomic E-state index is 0.671. The Morgan fingerprint density at radius 1 is 1.44 bits per heavy atom. The summed E-state index contributed by atoms with van der Waals surface area (Å²) >= 11 is 0. The van der Waals surface area contributed by atoms with Crippen LogP contribution in [0.3, 0.4) is 0 Å². The van der Waals surface area contributed by atoms with Gasteiger partial charge in [-0.15, -0.1) is 0 Å². The topological polar surface area (TPSA) is 29.3 Å². The van der Waals surface area contributed by atoms with Gasteiger partial charge < -0.3 is 9.72 Å². The van der Waals surface area contributed by atoms with Crippen molar-refractivity contribution in [1.29, 1.82) is 0 Å². The number of nitrogens with one attached hydrogen (secondary N) is 1. The van der Waals surface area contributed by atoms with Crippen LogP contribution in [0.4, 0.5) is 0 Å². The molecule has 2 atom stereocenters. The zero-order chi connectivity index (χ0) is 12.5. The molecule has 0 saturated heterocycles. The Bertz CT molecular complexity index is 496. The molecule has 0 spiro atoms. The van der Waals surface area contributed by atoms with E-state index in [4.69, 9.17) is 4.98 Å². The van der Waals surface area contributed by atoms with E-state index in [1.807, 2.05) is 12.1 Å². The molecule has 1 aliphatic carbocycles. The van der Waals surface area contributed by atoms with Crippen molar-refractivity contribution >= 4 is 5.65 Å². The van der Waals surface area contributed by atoms with Crippen LogP contribution in [0, 0.1) is 11.8 Å². The second kappa shape index (κ2) is 4.73. The molecule has 1 fully saturated rings. The first kappa shape index (κ1) is 11.7. The van der Waals surface area contributed by atoms with Crippen LogP contribution in [0.25, 0.3) is 5.65 Å². The second-order valence-corrected chi connectivity index (χ2v) is 5.79. The van der Waals surface area contributed by atoms with E-state index in [0.29, 0.717) is 5.92 Å². The number of hydrogen-bond acceptors (Lipinski definition) is 2. The summed E-state index contributed by atoms with van der Waals surface area (Å²) in [6, 6.07) is 6.16. The van der Waals surface area contributed by atoms with Gasteiger partial charge in [0.1, 0.15) is 5.65 Å². The van der Waals surface area contributed by atoms with Crippen LogP contribution < -0.4 is 5.32 Å². The van der Waals surface area contributed by atoms with E-state index in [2.05, 4.69) is 42.0 Å². The molecule has 1 N–H and O–H groups in total. The van der Waals surface area contributed by atoms with Gasteiger partial charge in [-0.2, -0.15) is 0 Å². The standard InChI is InChI=1S/C15H21N3/c1-11(2)8-16-9-12-7-13(12)14-10-18-6-4-3-5-15(18)17-14/h3-6,10-13,16H,7-9H2,1-2H3. The maximum absolute atomic E-state index is 4.70. The number of nitrogens with zero attached hydrogens (tertiary/aromatic N) is 2. The van der Waals surface area contributed by atoms with Crippen molar-refractivity contribution in [2.45, 2.75) is 26.2 Å². The van der Waals surface area contributed by atoms with E-state index < -0.39 is 0 Å². The summed E-state index contributed by atoms with van der Waals surface area (Å²) in [4.78, 5) is 4.70. The molecule has 2 aromatic heterocycles. The molecule has 18 heavy (non-hydrogen) atoms. The molecule has 0 radical (unpaired) electrons. The zero-order valence-corrected chi connectivity index (χ0v) is 11.1. The molecule has 0 aliphatic heterocycles. The number of hydrogen-bond donors (Lipinski definition) is 1. The van der Waals surface area contributed by atoms with Crippen molar-refractivity contribution in [3.8, 4) is 0 Å². The van der Waals surface area contributed by atoms with E-state index in [1.165, 1.54) is 12.1 Å². The first-order valence-corrected chi connectivity index (χ1v) is 6.88. The van der Waals surface area contributed by atoms with Crippen LogP contribution in [0.1, 0.15) is 31.9 Å². The van der Waals surface area contributed by atoms with Crippen LogP contribution >= 0.6 is 0 Å². The van der Waals surface area contributed by atoms with Crippen molar-refractivity contribution in [1.82, 2.24) is 14.7 Å². The fourth-order valence-corrected chi connectivity index (χ4v) is 2.53. The van der Waals surface area contributed by atoms with Gasteiger partial charge in [0.05, 0.1) is 5.69 Å². The van der Waals surface area contributed by atoms with Gasteiger partial charge in [0.2, 0.25) is 0 Å². The molecule has 0 bridgehead atoms. The third-order valence-corrected chi connectivity index (χ3v) is 3.64. The highest BCUT2D eigenvalue weighted by molar-refractivity contribution is 5.41. The monoisotopic (exact) mass is 243 g/mol. The molecular formula is C15H21N3. The smallest absolute Gasteiger partial charge is 0.136 e. The number of imidazole rings is 1. The Hall–Kier alpha value is -1.35. The fourth-order valence-electron chi connectivity index (χ4n) is 2.53.